The first-order valence-electron chi connectivity index (χ1n) is 8.08. The van der Waals surface area contributed by atoms with Gasteiger partial charge in [0.25, 0.3) is 0 Å². The van der Waals surface area contributed by atoms with Gasteiger partial charge in [-0.1, -0.05) is 24.1 Å². The van der Waals surface area contributed by atoms with Crippen molar-refractivity contribution in [3.05, 3.63) is 35.5 Å². The van der Waals surface area contributed by atoms with Gasteiger partial charge in [0.2, 0.25) is 0 Å². The number of aliphatic hydroxyl groups is 1. The molecule has 3 rings (SSSR count). The third-order valence-corrected chi connectivity index (χ3v) is 4.85. The van der Waals surface area contributed by atoms with Gasteiger partial charge in [-0.25, -0.2) is 0 Å². The fraction of sp³-hybridized carbons (Fsp3) is 0.474. The maximum absolute atomic E-state index is 9.42. The monoisotopic (exact) mass is 296 g/mol. The number of aliphatic hydroxyl groups excluding tert-OH is 1. The number of likely N-dealkylation sites (tertiary alicyclic amines) is 1. The Balaban J connectivity index is 1.93. The lowest BCUT2D eigenvalue weighted by Crippen LogP contribution is -2.36. The first-order valence-corrected chi connectivity index (χ1v) is 8.08. The van der Waals surface area contributed by atoms with Gasteiger partial charge in [-0.15, -0.1) is 6.42 Å². The average molecular weight is 296 g/mol. The van der Waals surface area contributed by atoms with Gasteiger partial charge in [0.1, 0.15) is 0 Å². The van der Waals surface area contributed by atoms with Crippen LogP contribution in [0.25, 0.3) is 10.9 Å². The molecular formula is C19H24N2O. The summed E-state index contributed by atoms with van der Waals surface area (Å²) in [5.41, 5.74) is 3.87. The Morgan fingerprint density at radius 3 is 2.95 bits per heavy atom. The largest absolute Gasteiger partial charge is 0.396 e. The smallest absolute Gasteiger partial charge is 0.0837 e. The predicted octanol–water partition coefficient (Wildman–Crippen LogP) is 2.79. The number of nitrogens with zero attached hydrogens (tertiary/aromatic N) is 2. The number of rotatable bonds is 4. The van der Waals surface area contributed by atoms with Crippen LogP contribution in [0.3, 0.4) is 0 Å². The van der Waals surface area contributed by atoms with Crippen LogP contribution < -0.4 is 0 Å². The number of aromatic nitrogens is 1. The van der Waals surface area contributed by atoms with Gasteiger partial charge >= 0.3 is 0 Å². The lowest BCUT2D eigenvalue weighted by atomic mass is 9.98. The summed E-state index contributed by atoms with van der Waals surface area (Å²) in [5.74, 6) is 3.19. The van der Waals surface area contributed by atoms with Gasteiger partial charge in [0.15, 0.2) is 0 Å². The molecule has 1 aliphatic heterocycles. The van der Waals surface area contributed by atoms with Gasteiger partial charge in [0, 0.05) is 36.3 Å². The zero-order valence-electron chi connectivity index (χ0n) is 13.3. The number of para-hydroxylation sites is 1. The van der Waals surface area contributed by atoms with Crippen molar-refractivity contribution >= 4 is 10.9 Å². The number of hydrogen-bond acceptors (Lipinski definition) is 2. The Morgan fingerprint density at radius 2 is 2.18 bits per heavy atom. The van der Waals surface area contributed by atoms with Crippen LogP contribution in [0.2, 0.25) is 0 Å². The molecule has 116 valence electrons. The minimum absolute atomic E-state index is 0.300. The van der Waals surface area contributed by atoms with E-state index in [4.69, 9.17) is 6.42 Å². The number of terminal acetylenes is 1. The van der Waals surface area contributed by atoms with E-state index in [1.54, 1.807) is 0 Å². The minimum Gasteiger partial charge on any atom is -0.396 e. The van der Waals surface area contributed by atoms with Crippen LogP contribution in [0, 0.1) is 25.2 Å². The number of benzene rings is 1. The van der Waals surface area contributed by atoms with E-state index >= 15 is 0 Å². The molecule has 0 saturated carbocycles. The highest BCUT2D eigenvalue weighted by Crippen LogP contribution is 2.28. The summed E-state index contributed by atoms with van der Waals surface area (Å²) >= 11 is 0. The van der Waals surface area contributed by atoms with Crippen molar-refractivity contribution in [2.75, 3.05) is 19.7 Å². The molecule has 2 aromatic rings. The highest BCUT2D eigenvalue weighted by molar-refractivity contribution is 5.85. The lowest BCUT2D eigenvalue weighted by Gasteiger charge is -2.31. The molecule has 0 radical (unpaired) electrons. The number of fused-ring (bicyclic) bond motifs is 1. The Morgan fingerprint density at radius 1 is 1.36 bits per heavy atom. The molecule has 1 saturated heterocycles. The van der Waals surface area contributed by atoms with Crippen molar-refractivity contribution in [1.29, 1.82) is 0 Å². The summed E-state index contributed by atoms with van der Waals surface area (Å²) in [6, 6.07) is 8.51. The molecule has 0 amide bonds. The van der Waals surface area contributed by atoms with Gasteiger partial charge in [-0.2, -0.15) is 0 Å². The molecule has 0 aliphatic carbocycles. The quantitative estimate of drug-likeness (QED) is 0.879. The van der Waals surface area contributed by atoms with E-state index < -0.39 is 0 Å². The molecule has 2 heterocycles. The van der Waals surface area contributed by atoms with E-state index in [1.807, 2.05) is 0 Å². The van der Waals surface area contributed by atoms with E-state index in [2.05, 4.69) is 46.6 Å². The van der Waals surface area contributed by atoms with Crippen molar-refractivity contribution in [1.82, 2.24) is 9.47 Å². The second-order valence-electron chi connectivity index (χ2n) is 6.30. The molecule has 1 fully saturated rings. The molecule has 3 nitrogen and oxygen atoms in total. The summed E-state index contributed by atoms with van der Waals surface area (Å²) in [5, 5.41) is 10.7. The normalized spacial score (nSPS) is 19.4. The molecule has 0 spiro atoms. The van der Waals surface area contributed by atoms with Crippen molar-refractivity contribution in [2.24, 2.45) is 5.92 Å². The van der Waals surface area contributed by atoms with E-state index in [0.29, 0.717) is 19.1 Å². The van der Waals surface area contributed by atoms with Crippen LogP contribution in [0.1, 0.15) is 24.1 Å². The van der Waals surface area contributed by atoms with Gasteiger partial charge in [0.05, 0.1) is 6.54 Å². The zero-order valence-corrected chi connectivity index (χ0v) is 13.3. The number of piperidine rings is 1. The number of hydrogen-bond donors (Lipinski definition) is 1. The molecule has 1 unspecified atom stereocenters. The van der Waals surface area contributed by atoms with Gasteiger partial charge in [-0.05, 0) is 43.9 Å². The van der Waals surface area contributed by atoms with Crippen molar-refractivity contribution in [2.45, 2.75) is 32.9 Å². The molecular weight excluding hydrogens is 272 g/mol. The van der Waals surface area contributed by atoms with Crippen LogP contribution in [-0.4, -0.2) is 34.3 Å². The Kier molecular flexibility index (Phi) is 4.52. The fourth-order valence-corrected chi connectivity index (χ4v) is 3.66. The predicted molar refractivity (Wildman–Crippen MR) is 90.6 cm³/mol. The summed E-state index contributed by atoms with van der Waals surface area (Å²) in [6.07, 6.45) is 7.86. The summed E-state index contributed by atoms with van der Waals surface area (Å²) in [4.78, 5) is 2.47. The molecule has 1 aromatic heterocycles. The molecule has 3 heteroatoms. The molecule has 1 aliphatic rings. The van der Waals surface area contributed by atoms with Crippen molar-refractivity contribution in [3.63, 3.8) is 0 Å². The Labute approximate surface area is 132 Å². The standard InChI is InChI=1S/C19H24N2O/c1-3-10-21-15(2)18(17-8-4-5-9-19(17)21)13-20-11-6-7-16(12-20)14-22/h1,4-5,8-9,16,22H,6-7,10-14H2,2H3. The molecule has 1 N–H and O–H groups in total. The zero-order chi connectivity index (χ0) is 15.5. The highest BCUT2D eigenvalue weighted by Gasteiger charge is 2.22. The summed E-state index contributed by atoms with van der Waals surface area (Å²) < 4.78 is 2.23. The summed E-state index contributed by atoms with van der Waals surface area (Å²) in [6.45, 7) is 6.13. The molecule has 22 heavy (non-hydrogen) atoms. The SMILES string of the molecule is C#CCn1c(C)c(CN2CCCC(CO)C2)c2ccccc21. The first-order chi connectivity index (χ1) is 10.7. The third-order valence-electron chi connectivity index (χ3n) is 4.85. The van der Waals surface area contributed by atoms with Crippen LogP contribution in [0.4, 0.5) is 0 Å². The lowest BCUT2D eigenvalue weighted by molar-refractivity contribution is 0.116. The van der Waals surface area contributed by atoms with Crippen molar-refractivity contribution < 1.29 is 5.11 Å². The molecule has 1 aromatic carbocycles. The van der Waals surface area contributed by atoms with Gasteiger partial charge < -0.3 is 9.67 Å². The maximum atomic E-state index is 9.42. The second-order valence-corrected chi connectivity index (χ2v) is 6.30. The molecule has 1 atom stereocenters. The third kappa shape index (κ3) is 2.77. The highest BCUT2D eigenvalue weighted by atomic mass is 16.3. The van der Waals surface area contributed by atoms with Crippen LogP contribution in [0.15, 0.2) is 24.3 Å². The van der Waals surface area contributed by atoms with Crippen LogP contribution >= 0.6 is 0 Å². The van der Waals surface area contributed by atoms with Gasteiger partial charge in [-0.3, -0.25) is 4.90 Å². The van der Waals surface area contributed by atoms with Crippen LogP contribution in [0.5, 0.6) is 0 Å². The second kappa shape index (κ2) is 6.56. The first kappa shape index (κ1) is 15.1. The molecule has 0 bridgehead atoms. The van der Waals surface area contributed by atoms with Crippen LogP contribution in [-0.2, 0) is 13.1 Å². The van der Waals surface area contributed by atoms with E-state index in [9.17, 15) is 5.11 Å². The Hall–Kier alpha value is -1.76. The van der Waals surface area contributed by atoms with E-state index in [1.165, 1.54) is 28.6 Å². The maximum Gasteiger partial charge on any atom is 0.0837 e. The summed E-state index contributed by atoms with van der Waals surface area (Å²) in [7, 11) is 0. The fourth-order valence-electron chi connectivity index (χ4n) is 3.66. The van der Waals surface area contributed by atoms with Crippen molar-refractivity contribution in [3.8, 4) is 12.3 Å². The Bertz CT molecular complexity index is 695. The van der Waals surface area contributed by atoms with E-state index in [0.717, 1.165) is 26.1 Å². The topological polar surface area (TPSA) is 28.4 Å². The van der Waals surface area contributed by atoms with E-state index in [-0.39, 0.29) is 0 Å². The minimum atomic E-state index is 0.300. The average Bonchev–Trinajstić information content (AvgIpc) is 2.81.